The van der Waals surface area contributed by atoms with Crippen LogP contribution in [0.4, 0.5) is 18.9 Å². The van der Waals surface area contributed by atoms with Gasteiger partial charge in [0.05, 0.1) is 5.56 Å². The van der Waals surface area contributed by atoms with E-state index in [1.807, 2.05) is 12.1 Å². The van der Waals surface area contributed by atoms with E-state index in [4.69, 9.17) is 17.3 Å². The van der Waals surface area contributed by atoms with Crippen LogP contribution in [0.5, 0.6) is 0 Å². The summed E-state index contributed by atoms with van der Waals surface area (Å²) in [5.74, 6) is 0.792. The SMILES string of the molecule is FC(F)(F)c1ccc2c(c1)CCCN2Cn1nc(-c2cccnc2)n(C2CC2)c1=S. The van der Waals surface area contributed by atoms with Crippen LogP contribution >= 0.6 is 12.2 Å². The van der Waals surface area contributed by atoms with Crippen LogP contribution in [-0.4, -0.2) is 25.9 Å². The molecule has 0 unspecified atom stereocenters. The van der Waals surface area contributed by atoms with Crippen molar-refractivity contribution in [1.82, 2.24) is 19.3 Å². The average molecular weight is 431 g/mol. The molecule has 0 bridgehead atoms. The van der Waals surface area contributed by atoms with Crippen molar-refractivity contribution in [3.8, 4) is 11.4 Å². The van der Waals surface area contributed by atoms with Crippen LogP contribution in [-0.2, 0) is 19.3 Å². The standard InChI is InChI=1S/C21H20F3N5S/c22-21(23,24)16-5-8-18-14(11-16)4-2-10-27(18)13-28-20(30)29(17-6-7-17)19(26-28)15-3-1-9-25-12-15/h1,3,5,8-9,11-12,17H,2,4,6-7,10,13H2. The van der Waals surface area contributed by atoms with E-state index in [2.05, 4.69) is 14.5 Å². The molecule has 3 heterocycles. The molecular weight excluding hydrogens is 411 g/mol. The number of anilines is 1. The van der Waals surface area contributed by atoms with Crippen molar-refractivity contribution in [3.05, 3.63) is 58.6 Å². The lowest BCUT2D eigenvalue weighted by molar-refractivity contribution is -0.137. The predicted octanol–water partition coefficient (Wildman–Crippen LogP) is 5.24. The Bertz CT molecular complexity index is 1130. The molecule has 1 fully saturated rings. The molecule has 1 aliphatic carbocycles. The number of hydrogen-bond donors (Lipinski definition) is 0. The van der Waals surface area contributed by atoms with Crippen molar-refractivity contribution in [1.29, 1.82) is 0 Å². The van der Waals surface area contributed by atoms with Gasteiger partial charge in [-0.2, -0.15) is 13.2 Å². The van der Waals surface area contributed by atoms with Gasteiger partial charge in [-0.3, -0.25) is 9.55 Å². The normalized spacial score (nSPS) is 16.6. The van der Waals surface area contributed by atoms with Crippen LogP contribution in [0.25, 0.3) is 11.4 Å². The first-order valence-electron chi connectivity index (χ1n) is 9.96. The van der Waals surface area contributed by atoms with Crippen LogP contribution < -0.4 is 4.90 Å². The molecule has 9 heteroatoms. The first-order chi connectivity index (χ1) is 14.4. The second-order valence-electron chi connectivity index (χ2n) is 7.80. The number of rotatable bonds is 4. The Morgan fingerprint density at radius 3 is 2.70 bits per heavy atom. The number of hydrogen-bond acceptors (Lipinski definition) is 4. The summed E-state index contributed by atoms with van der Waals surface area (Å²) in [4.78, 5) is 6.26. The summed E-state index contributed by atoms with van der Waals surface area (Å²) >= 11 is 5.73. The van der Waals surface area contributed by atoms with Gasteiger partial charge in [-0.1, -0.05) is 0 Å². The minimum absolute atomic E-state index is 0.351. The molecule has 1 aliphatic heterocycles. The maximum Gasteiger partial charge on any atom is 0.416 e. The lowest BCUT2D eigenvalue weighted by Crippen LogP contribution is -2.32. The summed E-state index contributed by atoms with van der Waals surface area (Å²) in [6.45, 7) is 1.16. The Hall–Kier alpha value is -2.68. The van der Waals surface area contributed by atoms with Crippen LogP contribution in [0.3, 0.4) is 0 Å². The highest BCUT2D eigenvalue weighted by Gasteiger charge is 2.32. The molecule has 5 nitrogen and oxygen atoms in total. The molecule has 2 aromatic heterocycles. The molecule has 0 saturated heterocycles. The average Bonchev–Trinajstić information content (AvgIpc) is 3.52. The van der Waals surface area contributed by atoms with Gasteiger partial charge in [0.25, 0.3) is 0 Å². The lowest BCUT2D eigenvalue weighted by atomic mass is 9.99. The molecule has 0 spiro atoms. The van der Waals surface area contributed by atoms with Gasteiger partial charge in [0.15, 0.2) is 10.6 Å². The number of nitrogens with zero attached hydrogens (tertiary/aromatic N) is 5. The fraction of sp³-hybridized carbons (Fsp3) is 0.381. The predicted molar refractivity (Wildman–Crippen MR) is 110 cm³/mol. The van der Waals surface area contributed by atoms with Crippen molar-refractivity contribution >= 4 is 17.9 Å². The molecule has 30 heavy (non-hydrogen) atoms. The topological polar surface area (TPSA) is 38.9 Å². The van der Waals surface area contributed by atoms with E-state index in [-0.39, 0.29) is 0 Å². The number of aryl methyl sites for hydroxylation is 1. The number of halogens is 3. The van der Waals surface area contributed by atoms with Gasteiger partial charge in [0.2, 0.25) is 0 Å². The lowest BCUT2D eigenvalue weighted by Gasteiger charge is -2.31. The summed E-state index contributed by atoms with van der Waals surface area (Å²) in [5, 5.41) is 4.78. The van der Waals surface area contributed by atoms with E-state index in [0.29, 0.717) is 23.9 Å². The van der Waals surface area contributed by atoms with Gasteiger partial charge >= 0.3 is 6.18 Å². The summed E-state index contributed by atoms with van der Waals surface area (Å²) in [6.07, 6.45) is 2.73. The van der Waals surface area contributed by atoms with Crippen molar-refractivity contribution in [3.63, 3.8) is 0 Å². The maximum atomic E-state index is 13.1. The van der Waals surface area contributed by atoms with E-state index >= 15 is 0 Å². The fourth-order valence-corrected chi connectivity index (χ4v) is 4.36. The van der Waals surface area contributed by atoms with Crippen LogP contribution in [0, 0.1) is 4.77 Å². The van der Waals surface area contributed by atoms with Crippen molar-refractivity contribution < 1.29 is 13.2 Å². The van der Waals surface area contributed by atoms with Gasteiger partial charge in [-0.05, 0) is 73.8 Å². The van der Waals surface area contributed by atoms with Crippen LogP contribution in [0.1, 0.15) is 36.4 Å². The zero-order chi connectivity index (χ0) is 20.9. The molecule has 3 aromatic rings. The zero-order valence-electron chi connectivity index (χ0n) is 16.1. The highest BCUT2D eigenvalue weighted by Crippen LogP contribution is 2.39. The van der Waals surface area contributed by atoms with E-state index in [0.717, 1.165) is 54.5 Å². The first kappa shape index (κ1) is 19.3. The van der Waals surface area contributed by atoms with Gasteiger partial charge in [-0.15, -0.1) is 5.10 Å². The largest absolute Gasteiger partial charge is 0.416 e. The van der Waals surface area contributed by atoms with Gasteiger partial charge < -0.3 is 4.90 Å². The summed E-state index contributed by atoms with van der Waals surface area (Å²) < 4.78 is 43.8. The third-order valence-electron chi connectivity index (χ3n) is 5.63. The molecule has 0 amide bonds. The van der Waals surface area contributed by atoms with Gasteiger partial charge in [0, 0.05) is 36.2 Å². The minimum Gasteiger partial charge on any atom is -0.352 e. The highest BCUT2D eigenvalue weighted by molar-refractivity contribution is 7.71. The summed E-state index contributed by atoms with van der Waals surface area (Å²) in [6, 6.07) is 8.17. The molecule has 2 aliphatic rings. The Kier molecular flexibility index (Phi) is 4.65. The van der Waals surface area contributed by atoms with Crippen molar-refractivity contribution in [2.24, 2.45) is 0 Å². The number of pyridine rings is 1. The third kappa shape index (κ3) is 3.51. The first-order valence-corrected chi connectivity index (χ1v) is 10.4. The van der Waals surface area contributed by atoms with Crippen LogP contribution in [0.2, 0.25) is 0 Å². The molecule has 1 saturated carbocycles. The van der Waals surface area contributed by atoms with Gasteiger partial charge in [0.1, 0.15) is 6.67 Å². The van der Waals surface area contributed by atoms with E-state index in [9.17, 15) is 13.2 Å². The summed E-state index contributed by atoms with van der Waals surface area (Å²) in [7, 11) is 0. The number of fused-ring (bicyclic) bond motifs is 1. The summed E-state index contributed by atoms with van der Waals surface area (Å²) in [5.41, 5.74) is 1.84. The smallest absolute Gasteiger partial charge is 0.352 e. The molecule has 0 atom stereocenters. The van der Waals surface area contributed by atoms with Crippen LogP contribution in [0.15, 0.2) is 42.7 Å². The van der Waals surface area contributed by atoms with Crippen molar-refractivity contribution in [2.45, 2.75) is 44.6 Å². The Labute approximate surface area is 176 Å². The second kappa shape index (κ2) is 7.23. The molecular formula is C21H20F3N5S. The quantitative estimate of drug-likeness (QED) is 0.530. The van der Waals surface area contributed by atoms with E-state index < -0.39 is 11.7 Å². The van der Waals surface area contributed by atoms with Gasteiger partial charge in [-0.25, -0.2) is 4.68 Å². The monoisotopic (exact) mass is 431 g/mol. The molecule has 0 N–H and O–H groups in total. The second-order valence-corrected chi connectivity index (χ2v) is 8.16. The Balaban J connectivity index is 1.50. The highest BCUT2D eigenvalue weighted by atomic mass is 32.1. The fourth-order valence-electron chi connectivity index (χ4n) is 4.03. The molecule has 1 aromatic carbocycles. The molecule has 0 radical (unpaired) electrons. The van der Waals surface area contributed by atoms with E-state index in [1.54, 1.807) is 23.1 Å². The Morgan fingerprint density at radius 2 is 2.00 bits per heavy atom. The van der Waals surface area contributed by atoms with E-state index in [1.165, 1.54) is 6.07 Å². The minimum atomic E-state index is -4.33. The third-order valence-corrected chi connectivity index (χ3v) is 6.04. The molecule has 5 rings (SSSR count). The number of benzene rings is 1. The maximum absolute atomic E-state index is 13.1. The van der Waals surface area contributed by atoms with Crippen molar-refractivity contribution in [2.75, 3.05) is 11.4 Å². The number of aromatic nitrogens is 4. The number of alkyl halides is 3. The molecule has 156 valence electrons. The Morgan fingerprint density at radius 1 is 1.17 bits per heavy atom. The zero-order valence-corrected chi connectivity index (χ0v) is 17.0.